The molecule has 27 heavy (non-hydrogen) atoms. The maximum Gasteiger partial charge on any atom is 0.323 e. The van der Waals surface area contributed by atoms with E-state index in [1.165, 1.54) is 11.1 Å². The summed E-state index contributed by atoms with van der Waals surface area (Å²) in [6.45, 7) is 0. The van der Waals surface area contributed by atoms with Gasteiger partial charge in [0, 0.05) is 11.8 Å². The molecule has 4 N–H and O–H groups in total. The number of hydrogen-bond donors (Lipinski definition) is 3. The monoisotopic (exact) mass is 367 g/mol. The van der Waals surface area contributed by atoms with Crippen LogP contribution in [-0.2, 0) is 9.59 Å². The van der Waals surface area contributed by atoms with Crippen LogP contribution in [0.1, 0.15) is 42.7 Å². The first kappa shape index (κ1) is 19.1. The molecule has 0 amide bonds. The average Bonchev–Trinajstić information content (AvgIpc) is 3.48. The second-order valence-electron chi connectivity index (χ2n) is 7.40. The highest BCUT2D eigenvalue weighted by Gasteiger charge is 2.57. The predicted octanol–water partition coefficient (Wildman–Crippen LogP) is 3.49. The molecule has 0 saturated heterocycles. The molecule has 1 saturated carbocycles. The average molecular weight is 367 g/mol. The van der Waals surface area contributed by atoms with Crippen LogP contribution in [0.4, 0.5) is 0 Å². The van der Waals surface area contributed by atoms with Gasteiger partial charge in [-0.25, -0.2) is 0 Å². The topological polar surface area (TPSA) is 101 Å². The van der Waals surface area contributed by atoms with Gasteiger partial charge in [-0.05, 0) is 30.4 Å². The molecule has 2 aromatic carbocycles. The Morgan fingerprint density at radius 3 is 1.93 bits per heavy atom. The van der Waals surface area contributed by atoms with Crippen LogP contribution in [0.5, 0.6) is 0 Å². The zero-order valence-electron chi connectivity index (χ0n) is 15.1. The first-order chi connectivity index (χ1) is 12.9. The molecule has 0 aliphatic heterocycles. The van der Waals surface area contributed by atoms with Crippen molar-refractivity contribution >= 4 is 11.9 Å². The number of carbonyl (C=O) groups is 2. The Morgan fingerprint density at radius 1 is 1.00 bits per heavy atom. The van der Waals surface area contributed by atoms with E-state index >= 15 is 0 Å². The Bertz CT molecular complexity index is 753. The van der Waals surface area contributed by atoms with Crippen LogP contribution in [0.15, 0.2) is 60.7 Å². The van der Waals surface area contributed by atoms with E-state index in [4.69, 9.17) is 10.8 Å². The van der Waals surface area contributed by atoms with E-state index in [1.807, 2.05) is 36.4 Å². The molecule has 5 nitrogen and oxygen atoms in total. The van der Waals surface area contributed by atoms with Gasteiger partial charge in [-0.2, -0.15) is 0 Å². The van der Waals surface area contributed by atoms with Gasteiger partial charge in [0.25, 0.3) is 0 Å². The highest BCUT2D eigenvalue weighted by Crippen LogP contribution is 2.48. The van der Waals surface area contributed by atoms with Gasteiger partial charge in [0.05, 0.1) is 5.92 Å². The lowest BCUT2D eigenvalue weighted by atomic mass is 9.82. The van der Waals surface area contributed by atoms with Crippen molar-refractivity contribution < 1.29 is 19.8 Å². The van der Waals surface area contributed by atoms with Crippen molar-refractivity contribution in [3.8, 4) is 0 Å². The number of carboxylic acid groups (broad SMARTS) is 2. The summed E-state index contributed by atoms with van der Waals surface area (Å²) in [5.74, 6) is -3.03. The van der Waals surface area contributed by atoms with Crippen LogP contribution < -0.4 is 5.73 Å². The lowest BCUT2D eigenvalue weighted by Crippen LogP contribution is -2.51. The summed E-state index contributed by atoms with van der Waals surface area (Å²) in [7, 11) is 0. The number of hydrogen-bond acceptors (Lipinski definition) is 3. The molecule has 3 atom stereocenters. The van der Waals surface area contributed by atoms with Crippen molar-refractivity contribution in [1.29, 1.82) is 0 Å². The summed E-state index contributed by atoms with van der Waals surface area (Å²) in [6, 6.07) is 20.2. The highest BCUT2D eigenvalue weighted by molar-refractivity contribution is 5.83. The minimum absolute atomic E-state index is 0.153. The van der Waals surface area contributed by atoms with E-state index in [2.05, 4.69) is 24.3 Å². The Hall–Kier alpha value is -2.66. The van der Waals surface area contributed by atoms with Crippen molar-refractivity contribution in [3.63, 3.8) is 0 Å². The smallest absolute Gasteiger partial charge is 0.323 e. The van der Waals surface area contributed by atoms with Gasteiger partial charge in [0.2, 0.25) is 0 Å². The summed E-state index contributed by atoms with van der Waals surface area (Å²) >= 11 is 0. The van der Waals surface area contributed by atoms with Crippen molar-refractivity contribution in [2.75, 3.05) is 0 Å². The number of benzene rings is 2. The summed E-state index contributed by atoms with van der Waals surface area (Å²) < 4.78 is 0. The number of rotatable bonds is 9. The van der Waals surface area contributed by atoms with E-state index in [-0.39, 0.29) is 12.3 Å². The third kappa shape index (κ3) is 4.19. The molecule has 1 fully saturated rings. The van der Waals surface area contributed by atoms with Gasteiger partial charge in [-0.1, -0.05) is 67.1 Å². The minimum atomic E-state index is -1.47. The molecular formula is C22H25NO4. The van der Waals surface area contributed by atoms with Crippen molar-refractivity contribution in [1.82, 2.24) is 0 Å². The quantitative estimate of drug-likeness (QED) is 0.630. The van der Waals surface area contributed by atoms with Crippen LogP contribution in [0.2, 0.25) is 0 Å². The number of aliphatic carboxylic acids is 2. The lowest BCUT2D eigenvalue weighted by Gasteiger charge is -2.26. The van der Waals surface area contributed by atoms with Crippen LogP contribution in [0.25, 0.3) is 0 Å². The summed E-state index contributed by atoms with van der Waals surface area (Å²) in [5, 5.41) is 18.8. The second kappa shape index (κ2) is 7.92. The fraction of sp³-hybridized carbons (Fsp3) is 0.364. The van der Waals surface area contributed by atoms with Gasteiger partial charge in [0.15, 0.2) is 0 Å². The van der Waals surface area contributed by atoms with Gasteiger partial charge < -0.3 is 15.9 Å². The van der Waals surface area contributed by atoms with Crippen LogP contribution in [-0.4, -0.2) is 27.7 Å². The van der Waals surface area contributed by atoms with Crippen LogP contribution >= 0.6 is 0 Å². The third-order valence-electron chi connectivity index (χ3n) is 5.65. The zero-order chi connectivity index (χ0) is 19.4. The molecule has 2 aromatic rings. The molecule has 0 radical (unpaired) electrons. The van der Waals surface area contributed by atoms with Gasteiger partial charge in [0.1, 0.15) is 5.54 Å². The van der Waals surface area contributed by atoms with E-state index in [0.29, 0.717) is 12.8 Å². The Balaban J connectivity index is 1.72. The molecule has 5 heteroatoms. The summed E-state index contributed by atoms with van der Waals surface area (Å²) in [6.07, 6.45) is 1.98. The fourth-order valence-corrected chi connectivity index (χ4v) is 3.98. The predicted molar refractivity (Wildman–Crippen MR) is 102 cm³/mol. The SMILES string of the molecule is NC(CCCC(c1ccccc1)c1ccccc1)(C(=O)O)C1CC1C(=O)O. The fourth-order valence-electron chi connectivity index (χ4n) is 3.98. The standard InChI is InChI=1S/C22H25NO4/c23-22(21(26)27,19-14-18(19)20(24)25)13-7-12-17(15-8-3-1-4-9-15)16-10-5-2-6-11-16/h1-6,8-11,17-19H,7,12-14,23H2,(H,24,25)(H,26,27). The zero-order valence-corrected chi connectivity index (χ0v) is 15.1. The van der Waals surface area contributed by atoms with E-state index in [9.17, 15) is 14.7 Å². The molecule has 3 unspecified atom stereocenters. The maximum absolute atomic E-state index is 11.8. The summed E-state index contributed by atoms with van der Waals surface area (Å²) in [4.78, 5) is 22.9. The molecular weight excluding hydrogens is 342 g/mol. The van der Waals surface area contributed by atoms with Crippen molar-refractivity contribution in [3.05, 3.63) is 71.8 Å². The molecule has 0 bridgehead atoms. The van der Waals surface area contributed by atoms with Crippen molar-refractivity contribution in [2.24, 2.45) is 17.6 Å². The summed E-state index contributed by atoms with van der Waals surface area (Å²) in [5.41, 5.74) is 7.06. The van der Waals surface area contributed by atoms with E-state index in [1.54, 1.807) is 0 Å². The normalized spacial score (nSPS) is 20.8. The van der Waals surface area contributed by atoms with Gasteiger partial charge in [-0.3, -0.25) is 9.59 Å². The van der Waals surface area contributed by atoms with Crippen molar-refractivity contribution in [2.45, 2.75) is 37.1 Å². The second-order valence-corrected chi connectivity index (χ2v) is 7.40. The Morgan fingerprint density at radius 2 is 1.52 bits per heavy atom. The molecule has 1 aliphatic rings. The molecule has 3 rings (SSSR count). The molecule has 0 aromatic heterocycles. The maximum atomic E-state index is 11.8. The van der Waals surface area contributed by atoms with Gasteiger partial charge in [-0.15, -0.1) is 0 Å². The van der Waals surface area contributed by atoms with E-state index in [0.717, 1.165) is 6.42 Å². The van der Waals surface area contributed by atoms with E-state index < -0.39 is 29.3 Å². The van der Waals surface area contributed by atoms with Crippen LogP contribution in [0.3, 0.4) is 0 Å². The molecule has 0 heterocycles. The number of carboxylic acids is 2. The number of nitrogens with two attached hydrogens (primary N) is 1. The Labute approximate surface area is 158 Å². The molecule has 142 valence electrons. The highest BCUT2D eigenvalue weighted by atomic mass is 16.4. The largest absolute Gasteiger partial charge is 0.481 e. The third-order valence-corrected chi connectivity index (χ3v) is 5.65. The lowest BCUT2D eigenvalue weighted by molar-refractivity contribution is -0.145. The Kier molecular flexibility index (Phi) is 5.61. The molecule has 0 spiro atoms. The first-order valence-corrected chi connectivity index (χ1v) is 9.28. The van der Waals surface area contributed by atoms with Gasteiger partial charge >= 0.3 is 11.9 Å². The molecule has 1 aliphatic carbocycles. The first-order valence-electron chi connectivity index (χ1n) is 9.28. The minimum Gasteiger partial charge on any atom is -0.481 e. The van der Waals surface area contributed by atoms with Crippen LogP contribution in [0, 0.1) is 11.8 Å².